The van der Waals surface area contributed by atoms with Crippen LogP contribution in [0.15, 0.2) is 0 Å². The lowest BCUT2D eigenvalue weighted by Crippen LogP contribution is -2.31. The topological polar surface area (TPSA) is 82.1 Å². The zero-order valence-corrected chi connectivity index (χ0v) is 12.3. The van der Waals surface area contributed by atoms with E-state index in [2.05, 4.69) is 9.47 Å². The highest BCUT2D eigenvalue weighted by Crippen LogP contribution is 1.99. The second-order valence-corrected chi connectivity index (χ2v) is 4.19. The third-order valence-electron chi connectivity index (χ3n) is 2.64. The van der Waals surface area contributed by atoms with Crippen LogP contribution in [0.4, 0.5) is 0 Å². The van der Waals surface area contributed by atoms with Crippen molar-refractivity contribution in [1.82, 2.24) is 4.90 Å². The van der Waals surface area contributed by atoms with Crippen molar-refractivity contribution < 1.29 is 28.6 Å². The summed E-state index contributed by atoms with van der Waals surface area (Å²) < 4.78 is 14.0. The molecule has 0 saturated carbocycles. The van der Waals surface area contributed by atoms with E-state index < -0.39 is 0 Å². The summed E-state index contributed by atoms with van der Waals surface area (Å²) in [5, 5.41) is 0. The molecule has 0 unspecified atom stereocenters. The first-order chi connectivity index (χ1) is 9.49. The van der Waals surface area contributed by atoms with Gasteiger partial charge in [-0.2, -0.15) is 0 Å². The number of carbonyl (C=O) groups excluding carboxylic acids is 3. The van der Waals surface area contributed by atoms with Gasteiger partial charge in [0.05, 0.1) is 33.7 Å². The lowest BCUT2D eigenvalue weighted by atomic mass is 10.3. The average Bonchev–Trinajstić information content (AvgIpc) is 2.44. The van der Waals surface area contributed by atoms with Gasteiger partial charge in [0.15, 0.2) is 0 Å². The van der Waals surface area contributed by atoms with Crippen molar-refractivity contribution in [3.8, 4) is 0 Å². The summed E-state index contributed by atoms with van der Waals surface area (Å²) in [4.78, 5) is 34.8. The van der Waals surface area contributed by atoms with E-state index >= 15 is 0 Å². The second-order valence-electron chi connectivity index (χ2n) is 4.19. The molecule has 116 valence electrons. The Morgan fingerprint density at radius 1 is 0.900 bits per heavy atom. The number of carbonyl (C=O) groups is 3. The molecule has 0 aromatic rings. The smallest absolute Gasteiger partial charge is 0.306 e. The van der Waals surface area contributed by atoms with Crippen molar-refractivity contribution in [1.29, 1.82) is 0 Å². The molecule has 0 spiro atoms. The van der Waals surface area contributed by atoms with Crippen molar-refractivity contribution in [3.63, 3.8) is 0 Å². The minimum Gasteiger partial charge on any atom is -0.469 e. The number of nitrogens with zero attached hydrogens (tertiary/aromatic N) is 1. The molecule has 0 aromatic heterocycles. The van der Waals surface area contributed by atoms with Crippen LogP contribution in [0.5, 0.6) is 0 Å². The van der Waals surface area contributed by atoms with Crippen LogP contribution in [0.1, 0.15) is 26.2 Å². The fourth-order valence-electron chi connectivity index (χ4n) is 1.54. The molecule has 0 saturated heterocycles. The summed E-state index contributed by atoms with van der Waals surface area (Å²) in [6.07, 6.45) is 1.15. The molecule has 0 atom stereocenters. The quantitative estimate of drug-likeness (QED) is 0.326. The third kappa shape index (κ3) is 10.3. The summed E-state index contributed by atoms with van der Waals surface area (Å²) >= 11 is 0. The fourth-order valence-corrected chi connectivity index (χ4v) is 1.54. The predicted molar refractivity (Wildman–Crippen MR) is 71.0 cm³/mol. The van der Waals surface area contributed by atoms with Crippen molar-refractivity contribution >= 4 is 17.9 Å². The second kappa shape index (κ2) is 11.2. The summed E-state index contributed by atoms with van der Waals surface area (Å²) in [7, 11) is 2.67. The van der Waals surface area contributed by atoms with Gasteiger partial charge in [-0.1, -0.05) is 0 Å². The van der Waals surface area contributed by atoms with Gasteiger partial charge in [0.25, 0.3) is 0 Å². The van der Waals surface area contributed by atoms with Crippen LogP contribution < -0.4 is 0 Å². The number of hydrogen-bond donors (Lipinski definition) is 0. The van der Waals surface area contributed by atoms with E-state index in [1.165, 1.54) is 21.1 Å². The van der Waals surface area contributed by atoms with Crippen LogP contribution in [-0.2, 0) is 28.6 Å². The van der Waals surface area contributed by atoms with Crippen LogP contribution in [-0.4, -0.2) is 63.3 Å². The maximum atomic E-state index is 11.1. The predicted octanol–water partition coefficient (Wildman–Crippen LogP) is 0.368. The van der Waals surface area contributed by atoms with Gasteiger partial charge in [-0.25, -0.2) is 0 Å². The fraction of sp³-hybridized carbons (Fsp3) is 0.769. The normalized spacial score (nSPS) is 10.2. The van der Waals surface area contributed by atoms with E-state index in [1.807, 2.05) is 4.90 Å². The Morgan fingerprint density at radius 3 is 1.80 bits per heavy atom. The maximum absolute atomic E-state index is 11.1. The van der Waals surface area contributed by atoms with E-state index in [0.717, 1.165) is 0 Å². The molecule has 0 radical (unpaired) electrons. The Bertz CT molecular complexity index is 298. The zero-order chi connectivity index (χ0) is 15.4. The van der Waals surface area contributed by atoms with Gasteiger partial charge in [0.1, 0.15) is 0 Å². The molecule has 0 bridgehead atoms. The van der Waals surface area contributed by atoms with Crippen molar-refractivity contribution in [2.45, 2.75) is 26.2 Å². The molecule has 0 rings (SSSR count). The molecule has 0 aromatic carbocycles. The Balaban J connectivity index is 4.06. The lowest BCUT2D eigenvalue weighted by Gasteiger charge is -2.21. The Hall–Kier alpha value is -1.63. The van der Waals surface area contributed by atoms with Gasteiger partial charge < -0.3 is 19.1 Å². The van der Waals surface area contributed by atoms with E-state index in [0.29, 0.717) is 32.7 Å². The van der Waals surface area contributed by atoms with E-state index in [9.17, 15) is 14.4 Å². The molecular weight excluding hydrogens is 266 g/mol. The summed E-state index contributed by atoms with van der Waals surface area (Å²) in [5.41, 5.74) is 0. The van der Waals surface area contributed by atoms with Crippen LogP contribution in [0.25, 0.3) is 0 Å². The number of methoxy groups -OCH3 is 2. The van der Waals surface area contributed by atoms with Crippen LogP contribution in [0.3, 0.4) is 0 Å². The highest BCUT2D eigenvalue weighted by atomic mass is 16.5. The Kier molecular flexibility index (Phi) is 10.3. The first-order valence-electron chi connectivity index (χ1n) is 6.49. The number of ether oxygens (including phenoxy) is 3. The largest absolute Gasteiger partial charge is 0.469 e. The van der Waals surface area contributed by atoms with Crippen LogP contribution >= 0.6 is 0 Å². The van der Waals surface area contributed by atoms with Crippen molar-refractivity contribution in [2.75, 3.05) is 40.5 Å². The first-order valence-corrected chi connectivity index (χ1v) is 6.49. The summed E-state index contributed by atoms with van der Waals surface area (Å²) in [5.74, 6) is -0.915. The first kappa shape index (κ1) is 18.4. The SMILES string of the molecule is COC(=O)CCN(CCCOC(C)=O)CCC(=O)OC. The molecule has 0 heterocycles. The van der Waals surface area contributed by atoms with Gasteiger partial charge in [0, 0.05) is 26.6 Å². The maximum Gasteiger partial charge on any atom is 0.306 e. The van der Waals surface area contributed by atoms with Gasteiger partial charge >= 0.3 is 17.9 Å². The summed E-state index contributed by atoms with van der Waals surface area (Å²) in [6.45, 7) is 3.28. The van der Waals surface area contributed by atoms with Crippen LogP contribution in [0.2, 0.25) is 0 Å². The van der Waals surface area contributed by atoms with Gasteiger partial charge in [-0.15, -0.1) is 0 Å². The summed E-state index contributed by atoms with van der Waals surface area (Å²) in [6, 6.07) is 0. The zero-order valence-electron chi connectivity index (χ0n) is 12.3. The minimum absolute atomic E-state index is 0.255. The third-order valence-corrected chi connectivity index (χ3v) is 2.64. The number of esters is 3. The molecule has 7 nitrogen and oxygen atoms in total. The molecule has 0 aliphatic rings. The molecular formula is C13H23NO6. The standard InChI is InChI=1S/C13H23NO6/c1-11(15)20-10-4-7-14(8-5-12(16)18-2)9-6-13(17)19-3/h4-10H2,1-3H3. The van der Waals surface area contributed by atoms with E-state index in [-0.39, 0.29) is 30.7 Å². The van der Waals surface area contributed by atoms with Gasteiger partial charge in [-0.3, -0.25) is 14.4 Å². The van der Waals surface area contributed by atoms with E-state index in [4.69, 9.17) is 4.74 Å². The molecule has 0 aliphatic carbocycles. The number of rotatable bonds is 10. The molecule has 0 amide bonds. The monoisotopic (exact) mass is 289 g/mol. The lowest BCUT2D eigenvalue weighted by molar-refractivity contribution is -0.141. The molecule has 0 fully saturated rings. The molecule has 7 heteroatoms. The van der Waals surface area contributed by atoms with Crippen molar-refractivity contribution in [2.24, 2.45) is 0 Å². The Labute approximate surface area is 119 Å². The minimum atomic E-state index is -0.319. The molecule has 20 heavy (non-hydrogen) atoms. The van der Waals surface area contributed by atoms with Gasteiger partial charge in [-0.05, 0) is 6.42 Å². The number of hydrogen-bond acceptors (Lipinski definition) is 7. The Morgan fingerprint density at radius 2 is 1.40 bits per heavy atom. The van der Waals surface area contributed by atoms with Crippen molar-refractivity contribution in [3.05, 3.63) is 0 Å². The van der Waals surface area contributed by atoms with E-state index in [1.54, 1.807) is 0 Å². The molecule has 0 aliphatic heterocycles. The molecule has 0 N–H and O–H groups in total. The average molecular weight is 289 g/mol. The van der Waals surface area contributed by atoms with Gasteiger partial charge in [0.2, 0.25) is 0 Å². The highest BCUT2D eigenvalue weighted by molar-refractivity contribution is 5.70. The highest BCUT2D eigenvalue weighted by Gasteiger charge is 2.11. The van der Waals surface area contributed by atoms with Crippen LogP contribution in [0, 0.1) is 0 Å².